The van der Waals surface area contributed by atoms with Crippen molar-refractivity contribution in [3.63, 3.8) is 0 Å². The molecule has 5 nitrogen and oxygen atoms in total. The molecule has 0 bridgehead atoms. The summed E-state index contributed by atoms with van der Waals surface area (Å²) in [7, 11) is 0. The van der Waals surface area contributed by atoms with Gasteiger partial charge in [-0.1, -0.05) is 35.5 Å². The summed E-state index contributed by atoms with van der Waals surface area (Å²) in [6.45, 7) is 1.73. The number of carbonyl (C=O) groups is 1. The molecule has 1 unspecified atom stereocenters. The van der Waals surface area contributed by atoms with Gasteiger partial charge in [-0.3, -0.25) is 4.79 Å². The minimum atomic E-state index is -0.942. The van der Waals surface area contributed by atoms with Gasteiger partial charge in [-0.25, -0.2) is 0 Å². The first kappa shape index (κ1) is 12.3. The second-order valence-corrected chi connectivity index (χ2v) is 4.07. The Morgan fingerprint density at radius 3 is 2.72 bits per heavy atom. The van der Waals surface area contributed by atoms with Crippen LogP contribution in [0.25, 0.3) is 11.3 Å². The first-order chi connectivity index (χ1) is 8.59. The van der Waals surface area contributed by atoms with Gasteiger partial charge in [-0.05, 0) is 6.92 Å². The van der Waals surface area contributed by atoms with Crippen LogP contribution in [-0.2, 0) is 4.79 Å². The molecule has 3 N–H and O–H groups in total. The summed E-state index contributed by atoms with van der Waals surface area (Å²) in [5, 5.41) is 12.8. The first-order valence-electron chi connectivity index (χ1n) is 5.58. The third kappa shape index (κ3) is 2.41. The van der Waals surface area contributed by atoms with Gasteiger partial charge in [0.05, 0.1) is 6.42 Å². The van der Waals surface area contributed by atoms with E-state index in [2.05, 4.69) is 5.16 Å². The molecule has 0 spiro atoms. The Hall–Kier alpha value is -2.14. The highest BCUT2D eigenvalue weighted by molar-refractivity contribution is 5.70. The molecule has 1 aromatic carbocycles. The first-order valence-corrected chi connectivity index (χ1v) is 5.58. The zero-order valence-corrected chi connectivity index (χ0v) is 9.96. The van der Waals surface area contributed by atoms with Crippen LogP contribution in [0.15, 0.2) is 34.9 Å². The quantitative estimate of drug-likeness (QED) is 0.862. The molecule has 1 aromatic heterocycles. The van der Waals surface area contributed by atoms with Crippen LogP contribution in [0.2, 0.25) is 0 Å². The maximum absolute atomic E-state index is 10.7. The highest BCUT2D eigenvalue weighted by Gasteiger charge is 2.22. The number of aromatic nitrogens is 1. The largest absolute Gasteiger partial charge is 0.481 e. The van der Waals surface area contributed by atoms with Crippen molar-refractivity contribution in [2.75, 3.05) is 0 Å². The summed E-state index contributed by atoms with van der Waals surface area (Å²) in [6, 6.07) is 8.80. The molecule has 0 aliphatic heterocycles. The molecule has 5 heteroatoms. The molecule has 2 aromatic rings. The van der Waals surface area contributed by atoms with Crippen molar-refractivity contribution in [1.29, 1.82) is 0 Å². The summed E-state index contributed by atoms with van der Waals surface area (Å²) in [5.74, 6) is -0.385. The molecule has 2 rings (SSSR count). The third-order valence-corrected chi connectivity index (χ3v) is 2.72. The van der Waals surface area contributed by atoms with E-state index in [4.69, 9.17) is 15.4 Å². The molecule has 0 saturated carbocycles. The number of nitrogens with two attached hydrogens (primary N) is 1. The minimum absolute atomic E-state index is 0.151. The van der Waals surface area contributed by atoms with Crippen LogP contribution in [0.3, 0.4) is 0 Å². The van der Waals surface area contributed by atoms with Crippen molar-refractivity contribution in [3.8, 4) is 11.3 Å². The van der Waals surface area contributed by atoms with Crippen LogP contribution in [-0.4, -0.2) is 16.2 Å². The van der Waals surface area contributed by atoms with Crippen LogP contribution in [0, 0.1) is 6.92 Å². The van der Waals surface area contributed by atoms with E-state index in [1.165, 1.54) is 0 Å². The number of benzene rings is 1. The number of hydrogen-bond donors (Lipinski definition) is 2. The highest BCUT2D eigenvalue weighted by Crippen LogP contribution is 2.30. The number of rotatable bonds is 4. The summed E-state index contributed by atoms with van der Waals surface area (Å²) in [6.07, 6.45) is -0.151. The zero-order chi connectivity index (χ0) is 13.1. The molecule has 0 aliphatic rings. The smallest absolute Gasteiger partial charge is 0.305 e. The Bertz CT molecular complexity index is 549. The summed E-state index contributed by atoms with van der Waals surface area (Å²) >= 11 is 0. The van der Waals surface area contributed by atoms with Crippen molar-refractivity contribution >= 4 is 5.97 Å². The van der Waals surface area contributed by atoms with Crippen LogP contribution >= 0.6 is 0 Å². The molecule has 1 atom stereocenters. The Morgan fingerprint density at radius 2 is 2.11 bits per heavy atom. The fourth-order valence-electron chi connectivity index (χ4n) is 1.91. The van der Waals surface area contributed by atoms with Crippen LogP contribution in [0.1, 0.15) is 23.8 Å². The van der Waals surface area contributed by atoms with Gasteiger partial charge in [0, 0.05) is 17.2 Å². The van der Waals surface area contributed by atoms with Gasteiger partial charge < -0.3 is 15.4 Å². The van der Waals surface area contributed by atoms with Gasteiger partial charge in [0.1, 0.15) is 11.5 Å². The molecule has 0 radical (unpaired) electrons. The topological polar surface area (TPSA) is 89.4 Å². The second-order valence-electron chi connectivity index (χ2n) is 4.07. The predicted octanol–water partition coefficient (Wildman–Crippen LogP) is 2.12. The van der Waals surface area contributed by atoms with Crippen molar-refractivity contribution in [2.24, 2.45) is 5.73 Å². The maximum atomic E-state index is 10.7. The third-order valence-electron chi connectivity index (χ3n) is 2.72. The van der Waals surface area contributed by atoms with Crippen LogP contribution in [0.5, 0.6) is 0 Å². The van der Waals surface area contributed by atoms with E-state index < -0.39 is 12.0 Å². The van der Waals surface area contributed by atoms with Crippen molar-refractivity contribution in [3.05, 3.63) is 41.7 Å². The number of aryl methyl sites for hydroxylation is 1. The van der Waals surface area contributed by atoms with E-state index in [-0.39, 0.29) is 6.42 Å². The molecule has 0 amide bonds. The SMILES string of the molecule is Cc1onc(-c2ccccc2)c1C(N)CC(=O)O. The van der Waals surface area contributed by atoms with Crippen molar-refractivity contribution < 1.29 is 14.4 Å². The van der Waals surface area contributed by atoms with Gasteiger partial charge in [0.15, 0.2) is 0 Å². The lowest BCUT2D eigenvalue weighted by Gasteiger charge is -2.09. The minimum Gasteiger partial charge on any atom is -0.481 e. The zero-order valence-electron chi connectivity index (χ0n) is 9.96. The molecular weight excluding hydrogens is 232 g/mol. The van der Waals surface area contributed by atoms with Gasteiger partial charge in [-0.15, -0.1) is 0 Å². The Kier molecular flexibility index (Phi) is 3.43. The number of carboxylic acid groups (broad SMARTS) is 1. The van der Waals surface area contributed by atoms with Crippen LogP contribution < -0.4 is 5.73 Å². The molecular formula is C13H14N2O3. The monoisotopic (exact) mass is 246 g/mol. The van der Waals surface area contributed by atoms with E-state index in [0.29, 0.717) is 17.0 Å². The fourth-order valence-corrected chi connectivity index (χ4v) is 1.91. The molecule has 1 heterocycles. The van der Waals surface area contributed by atoms with Gasteiger partial charge in [-0.2, -0.15) is 0 Å². The van der Waals surface area contributed by atoms with Gasteiger partial charge in [0.2, 0.25) is 0 Å². The Balaban J connectivity index is 2.42. The number of hydrogen-bond acceptors (Lipinski definition) is 4. The second kappa shape index (κ2) is 5.01. The van der Waals surface area contributed by atoms with Crippen molar-refractivity contribution in [1.82, 2.24) is 5.16 Å². The normalized spacial score (nSPS) is 12.3. The Morgan fingerprint density at radius 1 is 1.44 bits per heavy atom. The summed E-state index contributed by atoms with van der Waals surface area (Å²) in [4.78, 5) is 10.7. The average Bonchev–Trinajstić information content (AvgIpc) is 2.71. The molecule has 0 saturated heterocycles. The number of carboxylic acids is 1. The van der Waals surface area contributed by atoms with E-state index in [1.54, 1.807) is 6.92 Å². The van der Waals surface area contributed by atoms with E-state index in [0.717, 1.165) is 5.56 Å². The lowest BCUT2D eigenvalue weighted by atomic mass is 9.98. The molecule has 94 valence electrons. The van der Waals surface area contributed by atoms with E-state index in [1.807, 2.05) is 30.3 Å². The fraction of sp³-hybridized carbons (Fsp3) is 0.231. The van der Waals surface area contributed by atoms with Gasteiger partial charge >= 0.3 is 5.97 Å². The lowest BCUT2D eigenvalue weighted by molar-refractivity contribution is -0.137. The molecule has 0 aliphatic carbocycles. The maximum Gasteiger partial charge on any atom is 0.305 e. The lowest BCUT2D eigenvalue weighted by Crippen LogP contribution is -2.16. The number of nitrogens with zero attached hydrogens (tertiary/aromatic N) is 1. The molecule has 18 heavy (non-hydrogen) atoms. The molecule has 0 fully saturated rings. The summed E-state index contributed by atoms with van der Waals surface area (Å²) in [5.41, 5.74) is 8.03. The number of aliphatic carboxylic acids is 1. The predicted molar refractivity (Wildman–Crippen MR) is 65.9 cm³/mol. The van der Waals surface area contributed by atoms with E-state index >= 15 is 0 Å². The average molecular weight is 246 g/mol. The summed E-state index contributed by atoms with van der Waals surface area (Å²) < 4.78 is 5.13. The highest BCUT2D eigenvalue weighted by atomic mass is 16.5. The Labute approximate surface area is 104 Å². The standard InChI is InChI=1S/C13H14N2O3/c1-8-12(10(14)7-11(16)17)13(15-18-8)9-5-3-2-4-6-9/h2-6,10H,7,14H2,1H3,(H,16,17). The van der Waals surface area contributed by atoms with Crippen LogP contribution in [0.4, 0.5) is 0 Å². The van der Waals surface area contributed by atoms with Gasteiger partial charge in [0.25, 0.3) is 0 Å². The van der Waals surface area contributed by atoms with Crippen molar-refractivity contribution in [2.45, 2.75) is 19.4 Å². The van der Waals surface area contributed by atoms with E-state index in [9.17, 15) is 4.79 Å².